The van der Waals surface area contributed by atoms with E-state index < -0.39 is 12.0 Å². The van der Waals surface area contributed by atoms with Gasteiger partial charge in [-0.15, -0.1) is 0 Å². The molecule has 3 aromatic rings. The first kappa shape index (κ1) is 23.2. The summed E-state index contributed by atoms with van der Waals surface area (Å²) in [6.45, 7) is 3.81. The Bertz CT molecular complexity index is 1540. The van der Waals surface area contributed by atoms with Crippen LogP contribution in [0, 0.1) is 0 Å². The number of fused-ring (bicyclic) bond motifs is 2. The second kappa shape index (κ2) is 9.24. The fraction of sp³-hybridized carbons (Fsp3) is 0.240. The van der Waals surface area contributed by atoms with E-state index in [1.165, 1.54) is 15.9 Å². The Hall–Kier alpha value is -3.56. The largest absolute Gasteiger partial charge is 0.497 e. The second-order valence-corrected chi connectivity index (χ2v) is 9.22. The summed E-state index contributed by atoms with van der Waals surface area (Å²) < 4.78 is 23.3. The number of nitrogens with zero attached hydrogens (tertiary/aromatic N) is 2. The van der Waals surface area contributed by atoms with Gasteiger partial charge in [-0.05, 0) is 49.2 Å². The molecule has 2 aliphatic rings. The first-order chi connectivity index (χ1) is 16.9. The summed E-state index contributed by atoms with van der Waals surface area (Å²) in [5.41, 5.74) is 1.87. The summed E-state index contributed by atoms with van der Waals surface area (Å²) in [4.78, 5) is 31.7. The van der Waals surface area contributed by atoms with Crippen molar-refractivity contribution < 1.29 is 23.7 Å². The number of allylic oxidation sites excluding steroid dienone is 1. The fourth-order valence-electron chi connectivity index (χ4n) is 4.08. The van der Waals surface area contributed by atoms with Crippen molar-refractivity contribution in [1.82, 2.24) is 4.57 Å². The maximum Gasteiger partial charge on any atom is 0.338 e. The number of benzene rings is 2. The van der Waals surface area contributed by atoms with E-state index >= 15 is 0 Å². The molecule has 1 atom stereocenters. The molecule has 3 heterocycles. The highest BCUT2D eigenvalue weighted by Crippen LogP contribution is 2.37. The van der Waals surface area contributed by atoms with Crippen LogP contribution in [-0.2, 0) is 9.53 Å². The van der Waals surface area contributed by atoms with E-state index in [9.17, 15) is 9.59 Å². The highest BCUT2D eigenvalue weighted by Gasteiger charge is 2.33. The van der Waals surface area contributed by atoms with Gasteiger partial charge in [-0.25, -0.2) is 9.79 Å². The summed E-state index contributed by atoms with van der Waals surface area (Å²) in [5.74, 6) is 1.27. The zero-order valence-corrected chi connectivity index (χ0v) is 20.7. The molecule has 0 radical (unpaired) electrons. The topological polar surface area (TPSA) is 88.4 Å². The van der Waals surface area contributed by atoms with Gasteiger partial charge in [0.1, 0.15) is 5.75 Å². The van der Waals surface area contributed by atoms with Gasteiger partial charge in [0.25, 0.3) is 5.56 Å². The molecule has 5 rings (SSSR count). The predicted octanol–water partition coefficient (Wildman–Crippen LogP) is 3.19. The highest BCUT2D eigenvalue weighted by atomic mass is 35.5. The Kier molecular flexibility index (Phi) is 6.12. The van der Waals surface area contributed by atoms with Crippen molar-refractivity contribution in [3.8, 4) is 17.2 Å². The van der Waals surface area contributed by atoms with Crippen LogP contribution in [0.25, 0.3) is 6.08 Å². The van der Waals surface area contributed by atoms with Gasteiger partial charge >= 0.3 is 5.97 Å². The van der Waals surface area contributed by atoms with Crippen LogP contribution in [-0.4, -0.2) is 31.0 Å². The van der Waals surface area contributed by atoms with E-state index in [0.717, 1.165) is 5.56 Å². The molecule has 8 nitrogen and oxygen atoms in total. The Labute approximate surface area is 209 Å². The number of halogens is 1. The molecular weight excluding hydrogens is 492 g/mol. The summed E-state index contributed by atoms with van der Waals surface area (Å²) in [6, 6.07) is 9.92. The lowest BCUT2D eigenvalue weighted by Crippen LogP contribution is -2.39. The van der Waals surface area contributed by atoms with Crippen LogP contribution in [0.15, 0.2) is 57.5 Å². The summed E-state index contributed by atoms with van der Waals surface area (Å²) in [6.07, 6.45) is 1.70. The molecule has 180 valence electrons. The van der Waals surface area contributed by atoms with Crippen LogP contribution in [0.5, 0.6) is 17.2 Å². The second-order valence-electron chi connectivity index (χ2n) is 7.80. The number of hydrogen-bond acceptors (Lipinski definition) is 8. The first-order valence-electron chi connectivity index (χ1n) is 10.8. The summed E-state index contributed by atoms with van der Waals surface area (Å²) in [7, 11) is 1.58. The SMILES string of the molecule is CCOC(=O)C1=C(C)N=c2sc(=Cc3cc4c(cc3Cl)OCO4)c(=O)n2[C@@H]1c1ccc(OC)cc1. The third-order valence-electron chi connectivity index (χ3n) is 5.73. The molecule has 0 amide bonds. The number of hydrogen-bond donors (Lipinski definition) is 0. The molecule has 0 N–H and O–H groups in total. The number of aromatic nitrogens is 1. The molecule has 35 heavy (non-hydrogen) atoms. The van der Waals surface area contributed by atoms with E-state index in [1.807, 2.05) is 12.1 Å². The molecule has 2 aromatic carbocycles. The first-order valence-corrected chi connectivity index (χ1v) is 12.0. The van der Waals surface area contributed by atoms with Crippen molar-refractivity contribution >= 4 is 35.0 Å². The quantitative estimate of drug-likeness (QED) is 0.488. The number of carbonyl (C=O) groups is 1. The van der Waals surface area contributed by atoms with Gasteiger partial charge in [-0.1, -0.05) is 35.1 Å². The smallest absolute Gasteiger partial charge is 0.338 e. The maximum atomic E-state index is 13.7. The Balaban J connectivity index is 1.70. The third kappa shape index (κ3) is 4.11. The number of carbonyl (C=O) groups excluding carboxylic acids is 1. The lowest BCUT2D eigenvalue weighted by molar-refractivity contribution is -0.139. The molecule has 2 aliphatic heterocycles. The normalized spacial score (nSPS) is 16.7. The van der Waals surface area contributed by atoms with Crippen molar-refractivity contribution in [3.63, 3.8) is 0 Å². The summed E-state index contributed by atoms with van der Waals surface area (Å²) in [5, 5.41) is 0.426. The molecule has 0 saturated carbocycles. The molecular formula is C25H21ClN2O6S. The average Bonchev–Trinajstić information content (AvgIpc) is 3.42. The van der Waals surface area contributed by atoms with Crippen LogP contribution in [0.3, 0.4) is 0 Å². The Morgan fingerprint density at radius 2 is 1.97 bits per heavy atom. The van der Waals surface area contributed by atoms with Gasteiger partial charge in [0.2, 0.25) is 6.79 Å². The van der Waals surface area contributed by atoms with Crippen molar-refractivity contribution in [3.05, 3.63) is 83.5 Å². The van der Waals surface area contributed by atoms with E-state index in [0.29, 0.717) is 48.4 Å². The molecule has 0 fully saturated rings. The highest BCUT2D eigenvalue weighted by molar-refractivity contribution is 7.07. The minimum Gasteiger partial charge on any atom is -0.497 e. The predicted molar refractivity (Wildman–Crippen MR) is 131 cm³/mol. The van der Waals surface area contributed by atoms with Gasteiger partial charge in [-0.2, -0.15) is 0 Å². The number of ether oxygens (including phenoxy) is 4. The van der Waals surface area contributed by atoms with Gasteiger partial charge in [0.15, 0.2) is 16.3 Å². The van der Waals surface area contributed by atoms with Gasteiger partial charge in [0, 0.05) is 6.07 Å². The fourth-order valence-corrected chi connectivity index (χ4v) is 5.32. The summed E-state index contributed by atoms with van der Waals surface area (Å²) >= 11 is 7.66. The maximum absolute atomic E-state index is 13.7. The molecule has 0 spiro atoms. The molecule has 0 bridgehead atoms. The lowest BCUT2D eigenvalue weighted by atomic mass is 9.96. The molecule has 0 aliphatic carbocycles. The molecule has 0 unspecified atom stereocenters. The van der Waals surface area contributed by atoms with Crippen LogP contribution in [0.4, 0.5) is 0 Å². The standard InChI is InChI=1S/C25H21ClN2O6S/c1-4-32-24(30)21-13(2)27-25-28(22(21)14-5-7-16(31-3)8-6-14)23(29)20(35-25)10-15-9-18-19(11-17(15)26)34-12-33-18/h5-11,22H,4,12H2,1-3H3/t22-/m1/s1. The van der Waals surface area contributed by atoms with Crippen LogP contribution < -0.4 is 29.1 Å². The zero-order chi connectivity index (χ0) is 24.7. The van der Waals surface area contributed by atoms with Gasteiger partial charge in [0.05, 0.1) is 40.6 Å². The van der Waals surface area contributed by atoms with Crippen LogP contribution >= 0.6 is 22.9 Å². The van der Waals surface area contributed by atoms with Crippen molar-refractivity contribution in [2.45, 2.75) is 19.9 Å². The van der Waals surface area contributed by atoms with E-state index in [2.05, 4.69) is 4.99 Å². The molecule has 0 saturated heterocycles. The van der Waals surface area contributed by atoms with E-state index in [1.54, 1.807) is 51.3 Å². The Morgan fingerprint density at radius 1 is 1.26 bits per heavy atom. The molecule has 10 heteroatoms. The third-order valence-corrected chi connectivity index (χ3v) is 7.04. The number of rotatable bonds is 5. The van der Waals surface area contributed by atoms with E-state index in [-0.39, 0.29) is 19.0 Å². The number of esters is 1. The van der Waals surface area contributed by atoms with Crippen molar-refractivity contribution in [2.24, 2.45) is 4.99 Å². The number of methoxy groups -OCH3 is 1. The van der Waals surface area contributed by atoms with Crippen molar-refractivity contribution in [1.29, 1.82) is 0 Å². The lowest BCUT2D eigenvalue weighted by Gasteiger charge is -2.24. The minimum absolute atomic E-state index is 0.120. The van der Waals surface area contributed by atoms with Gasteiger partial charge in [-0.3, -0.25) is 9.36 Å². The van der Waals surface area contributed by atoms with Crippen LogP contribution in [0.2, 0.25) is 5.02 Å². The van der Waals surface area contributed by atoms with E-state index in [4.69, 9.17) is 30.5 Å². The molecule has 1 aromatic heterocycles. The van der Waals surface area contributed by atoms with Crippen molar-refractivity contribution in [2.75, 3.05) is 20.5 Å². The monoisotopic (exact) mass is 512 g/mol. The zero-order valence-electron chi connectivity index (χ0n) is 19.2. The average molecular weight is 513 g/mol. The van der Waals surface area contributed by atoms with Crippen LogP contribution in [0.1, 0.15) is 31.0 Å². The minimum atomic E-state index is -0.703. The Morgan fingerprint density at radius 3 is 2.66 bits per heavy atom. The number of thiazole rings is 1. The van der Waals surface area contributed by atoms with Gasteiger partial charge < -0.3 is 18.9 Å².